The smallest absolute Gasteiger partial charge is 0.382 e. The summed E-state index contributed by atoms with van der Waals surface area (Å²) in [6.45, 7) is 1.83. The highest BCUT2D eigenvalue weighted by Crippen LogP contribution is 2.34. The van der Waals surface area contributed by atoms with Gasteiger partial charge in [0.15, 0.2) is 5.82 Å². The molecule has 0 aromatic carbocycles. The summed E-state index contributed by atoms with van der Waals surface area (Å²) < 4.78 is 37.6. The summed E-state index contributed by atoms with van der Waals surface area (Å²) in [5.74, 6) is -1.59. The van der Waals surface area contributed by atoms with E-state index in [1.165, 1.54) is 4.90 Å². The standard InChI is InChI=1S/C11H15F3N4O/c1-6-8(9(15)17-16-6)10(19)18-4-2-7(3-5-18)11(12,13)14/h7H,2-5H2,1H3,(H3,15,16,17). The number of halogens is 3. The molecule has 0 unspecified atom stereocenters. The Morgan fingerprint density at radius 1 is 1.42 bits per heavy atom. The first-order valence-electron chi connectivity index (χ1n) is 5.97. The predicted octanol–water partition coefficient (Wildman–Crippen LogP) is 1.71. The number of H-pyrrole nitrogens is 1. The lowest BCUT2D eigenvalue weighted by atomic mass is 9.96. The molecule has 1 amide bonds. The van der Waals surface area contributed by atoms with Gasteiger partial charge in [0.05, 0.1) is 5.92 Å². The van der Waals surface area contributed by atoms with Gasteiger partial charge < -0.3 is 10.6 Å². The normalized spacial score (nSPS) is 17.8. The number of amides is 1. The zero-order valence-electron chi connectivity index (χ0n) is 10.4. The molecule has 0 bridgehead atoms. The van der Waals surface area contributed by atoms with E-state index in [2.05, 4.69) is 10.2 Å². The largest absolute Gasteiger partial charge is 0.391 e. The van der Waals surface area contributed by atoms with E-state index in [9.17, 15) is 18.0 Å². The van der Waals surface area contributed by atoms with Gasteiger partial charge in [-0.3, -0.25) is 9.89 Å². The van der Waals surface area contributed by atoms with Crippen molar-refractivity contribution in [3.63, 3.8) is 0 Å². The van der Waals surface area contributed by atoms with Crippen molar-refractivity contribution in [3.05, 3.63) is 11.3 Å². The summed E-state index contributed by atoms with van der Waals surface area (Å²) in [6, 6.07) is 0. The maximum absolute atomic E-state index is 12.5. The van der Waals surface area contributed by atoms with Crippen LogP contribution in [0.25, 0.3) is 0 Å². The van der Waals surface area contributed by atoms with Crippen LogP contribution in [-0.4, -0.2) is 40.3 Å². The Morgan fingerprint density at radius 2 is 2.00 bits per heavy atom. The van der Waals surface area contributed by atoms with Crippen LogP contribution in [0.3, 0.4) is 0 Å². The Balaban J connectivity index is 2.04. The number of piperidine rings is 1. The molecule has 0 atom stereocenters. The number of hydrogen-bond donors (Lipinski definition) is 2. The van der Waals surface area contributed by atoms with Gasteiger partial charge in [-0.2, -0.15) is 18.3 Å². The number of nitrogens with two attached hydrogens (primary N) is 1. The highest BCUT2D eigenvalue weighted by Gasteiger charge is 2.42. The topological polar surface area (TPSA) is 75.0 Å². The molecule has 19 heavy (non-hydrogen) atoms. The van der Waals surface area contributed by atoms with E-state index in [1.807, 2.05) is 0 Å². The number of aromatic nitrogens is 2. The van der Waals surface area contributed by atoms with E-state index >= 15 is 0 Å². The van der Waals surface area contributed by atoms with Crippen LogP contribution in [0.5, 0.6) is 0 Å². The van der Waals surface area contributed by atoms with Gasteiger partial charge in [0, 0.05) is 18.8 Å². The fourth-order valence-corrected chi connectivity index (χ4v) is 2.29. The minimum absolute atomic E-state index is 0.0634. The number of nitrogens with zero attached hydrogens (tertiary/aromatic N) is 2. The molecule has 0 spiro atoms. The molecule has 1 aliphatic heterocycles. The average Bonchev–Trinajstić information content (AvgIpc) is 2.67. The lowest BCUT2D eigenvalue weighted by Gasteiger charge is -2.32. The molecular formula is C11H15F3N4O. The number of rotatable bonds is 1. The number of aromatic amines is 1. The highest BCUT2D eigenvalue weighted by molar-refractivity contribution is 5.99. The molecule has 8 heteroatoms. The van der Waals surface area contributed by atoms with Crippen LogP contribution < -0.4 is 5.73 Å². The fraction of sp³-hybridized carbons (Fsp3) is 0.636. The molecule has 3 N–H and O–H groups in total. The van der Waals surface area contributed by atoms with E-state index in [0.29, 0.717) is 5.69 Å². The first-order valence-corrected chi connectivity index (χ1v) is 5.97. The Morgan fingerprint density at radius 3 is 2.42 bits per heavy atom. The van der Waals surface area contributed by atoms with Crippen LogP contribution >= 0.6 is 0 Å². The number of nitrogens with one attached hydrogen (secondary N) is 1. The maximum atomic E-state index is 12.5. The van der Waals surface area contributed by atoms with Crippen molar-refractivity contribution in [3.8, 4) is 0 Å². The Labute approximate surface area is 108 Å². The lowest BCUT2D eigenvalue weighted by molar-refractivity contribution is -0.183. The summed E-state index contributed by atoms with van der Waals surface area (Å²) in [7, 11) is 0. The van der Waals surface area contributed by atoms with Crippen molar-refractivity contribution in [1.29, 1.82) is 0 Å². The summed E-state index contributed by atoms with van der Waals surface area (Å²) >= 11 is 0. The molecule has 0 radical (unpaired) electrons. The van der Waals surface area contributed by atoms with Crippen molar-refractivity contribution in [2.45, 2.75) is 25.9 Å². The molecule has 1 aromatic rings. The Bertz CT molecular complexity index is 455. The van der Waals surface area contributed by atoms with E-state index in [0.717, 1.165) is 0 Å². The molecule has 0 saturated carbocycles. The van der Waals surface area contributed by atoms with Crippen molar-refractivity contribution in [1.82, 2.24) is 15.1 Å². The molecule has 1 saturated heterocycles. The summed E-state index contributed by atoms with van der Waals surface area (Å²) in [5.41, 5.74) is 6.36. The third-order valence-corrected chi connectivity index (χ3v) is 3.43. The zero-order chi connectivity index (χ0) is 14.2. The van der Waals surface area contributed by atoms with Gasteiger partial charge in [0.25, 0.3) is 5.91 Å². The monoisotopic (exact) mass is 276 g/mol. The third kappa shape index (κ3) is 2.66. The quantitative estimate of drug-likeness (QED) is 0.820. The highest BCUT2D eigenvalue weighted by atomic mass is 19.4. The van der Waals surface area contributed by atoms with Crippen molar-refractivity contribution in [2.75, 3.05) is 18.8 Å². The van der Waals surface area contributed by atoms with Gasteiger partial charge in [-0.15, -0.1) is 0 Å². The molecule has 5 nitrogen and oxygen atoms in total. The van der Waals surface area contributed by atoms with E-state index in [-0.39, 0.29) is 43.2 Å². The number of carbonyl (C=O) groups excluding carboxylic acids is 1. The molecule has 2 heterocycles. The molecule has 0 aliphatic carbocycles. The van der Waals surface area contributed by atoms with Crippen molar-refractivity contribution < 1.29 is 18.0 Å². The van der Waals surface area contributed by atoms with Gasteiger partial charge in [0.2, 0.25) is 0 Å². The lowest BCUT2D eigenvalue weighted by Crippen LogP contribution is -2.42. The Hall–Kier alpha value is -1.73. The van der Waals surface area contributed by atoms with Gasteiger partial charge in [-0.05, 0) is 19.8 Å². The predicted molar refractivity (Wildman–Crippen MR) is 62.4 cm³/mol. The summed E-state index contributed by atoms with van der Waals surface area (Å²) in [6.07, 6.45) is -4.31. The first kappa shape index (κ1) is 13.7. The van der Waals surface area contributed by atoms with Crippen LogP contribution in [0.15, 0.2) is 0 Å². The average molecular weight is 276 g/mol. The summed E-state index contributed by atoms with van der Waals surface area (Å²) in [4.78, 5) is 13.6. The number of likely N-dealkylation sites (tertiary alicyclic amines) is 1. The molecule has 1 aliphatic rings. The van der Waals surface area contributed by atoms with Gasteiger partial charge in [0.1, 0.15) is 5.56 Å². The minimum atomic E-state index is -4.18. The molecule has 1 aromatic heterocycles. The van der Waals surface area contributed by atoms with Crippen molar-refractivity contribution in [2.24, 2.45) is 5.92 Å². The van der Waals surface area contributed by atoms with E-state index in [4.69, 9.17) is 5.73 Å². The SMILES string of the molecule is Cc1[nH]nc(N)c1C(=O)N1CCC(C(F)(F)F)CC1. The second-order valence-electron chi connectivity index (χ2n) is 4.72. The molecular weight excluding hydrogens is 261 g/mol. The van der Waals surface area contributed by atoms with Crippen LogP contribution in [0.1, 0.15) is 28.9 Å². The summed E-state index contributed by atoms with van der Waals surface area (Å²) in [5, 5.41) is 6.30. The second-order valence-corrected chi connectivity index (χ2v) is 4.72. The van der Waals surface area contributed by atoms with Crippen LogP contribution in [-0.2, 0) is 0 Å². The van der Waals surface area contributed by atoms with Gasteiger partial charge in [-0.25, -0.2) is 0 Å². The first-order chi connectivity index (χ1) is 8.80. The number of anilines is 1. The molecule has 2 rings (SSSR count). The van der Waals surface area contributed by atoms with Crippen LogP contribution in [0.4, 0.5) is 19.0 Å². The van der Waals surface area contributed by atoms with Crippen LogP contribution in [0.2, 0.25) is 0 Å². The van der Waals surface area contributed by atoms with Gasteiger partial charge >= 0.3 is 6.18 Å². The number of aryl methyl sites for hydroxylation is 1. The van der Waals surface area contributed by atoms with E-state index in [1.54, 1.807) is 6.92 Å². The third-order valence-electron chi connectivity index (χ3n) is 3.43. The van der Waals surface area contributed by atoms with Gasteiger partial charge in [-0.1, -0.05) is 0 Å². The second kappa shape index (κ2) is 4.75. The number of nitrogen functional groups attached to an aromatic ring is 1. The number of carbonyl (C=O) groups is 1. The maximum Gasteiger partial charge on any atom is 0.391 e. The molecule has 1 fully saturated rings. The Kier molecular flexibility index (Phi) is 3.42. The van der Waals surface area contributed by atoms with Crippen molar-refractivity contribution >= 4 is 11.7 Å². The number of hydrogen-bond acceptors (Lipinski definition) is 3. The zero-order valence-corrected chi connectivity index (χ0v) is 10.4. The van der Waals surface area contributed by atoms with E-state index < -0.39 is 12.1 Å². The minimum Gasteiger partial charge on any atom is -0.382 e. The number of alkyl halides is 3. The fourth-order valence-electron chi connectivity index (χ4n) is 2.29. The van der Waals surface area contributed by atoms with Crippen LogP contribution in [0, 0.1) is 12.8 Å². The molecule has 106 valence electrons.